The Morgan fingerprint density at radius 1 is 0.824 bits per heavy atom. The van der Waals surface area contributed by atoms with Crippen molar-refractivity contribution in [2.45, 2.75) is 57.8 Å². The van der Waals surface area contributed by atoms with E-state index >= 15 is 0 Å². The van der Waals surface area contributed by atoms with Gasteiger partial charge in [-0.3, -0.25) is 18.8 Å². The second-order valence-corrected chi connectivity index (χ2v) is 13.6. The van der Waals surface area contributed by atoms with Crippen LogP contribution in [0.4, 0.5) is 5.82 Å². The minimum Gasteiger partial charge on any atom is -0.373 e. The van der Waals surface area contributed by atoms with Gasteiger partial charge in [-0.15, -0.1) is 0 Å². The van der Waals surface area contributed by atoms with Gasteiger partial charge in [0.25, 0.3) is 5.56 Å². The number of carbonyl (C=O) groups is 2. The lowest BCUT2D eigenvalue weighted by atomic mass is 9.92. The summed E-state index contributed by atoms with van der Waals surface area (Å²) in [4.78, 5) is 45.8. The average Bonchev–Trinajstić information content (AvgIpc) is 3.76. The van der Waals surface area contributed by atoms with Crippen molar-refractivity contribution < 1.29 is 9.59 Å². The van der Waals surface area contributed by atoms with Crippen LogP contribution in [0.2, 0.25) is 5.02 Å². The smallest absolute Gasteiger partial charge is 0.262 e. The number of nitrogens with one attached hydrogen (secondary N) is 5. The van der Waals surface area contributed by atoms with E-state index < -0.39 is 0 Å². The molecule has 3 aromatic heterocycles. The van der Waals surface area contributed by atoms with E-state index in [1.54, 1.807) is 16.8 Å². The highest BCUT2D eigenvalue weighted by Crippen LogP contribution is 2.40. The minimum atomic E-state index is -0.123. The molecule has 0 radical (unpaired) electrons. The maximum absolute atomic E-state index is 13.3. The van der Waals surface area contributed by atoms with Crippen molar-refractivity contribution in [1.82, 2.24) is 35.6 Å². The van der Waals surface area contributed by atoms with Gasteiger partial charge < -0.3 is 26.6 Å². The quantitative estimate of drug-likeness (QED) is 0.124. The molecule has 0 aliphatic carbocycles. The molecule has 2 atom stereocenters. The van der Waals surface area contributed by atoms with Crippen LogP contribution in [0.5, 0.6) is 0 Å². The first kappa shape index (κ1) is 34.4. The van der Waals surface area contributed by atoms with Crippen LogP contribution in [0.3, 0.4) is 0 Å². The fraction of sp³-hybridized carbons (Fsp3) is 0.308. The highest BCUT2D eigenvalue weighted by Gasteiger charge is 2.22. The van der Waals surface area contributed by atoms with Gasteiger partial charge in [-0.25, -0.2) is 9.97 Å². The minimum absolute atomic E-state index is 0.0722. The van der Waals surface area contributed by atoms with Gasteiger partial charge in [0, 0.05) is 92.8 Å². The summed E-state index contributed by atoms with van der Waals surface area (Å²) in [7, 11) is 1.86. The topological polar surface area (TPSA) is 142 Å². The number of carbonyl (C=O) groups excluding carboxylic acids is 2. The summed E-state index contributed by atoms with van der Waals surface area (Å²) >= 11 is 7.16. The number of amides is 2. The third-order valence-electron chi connectivity index (χ3n) is 9.79. The molecule has 0 bridgehead atoms. The molecule has 51 heavy (non-hydrogen) atoms. The maximum atomic E-state index is 13.3. The molecule has 2 unspecified atom stereocenters. The molecule has 7 rings (SSSR count). The molecule has 0 spiro atoms. The first-order valence-corrected chi connectivity index (χ1v) is 17.7. The highest BCUT2D eigenvalue weighted by atomic mass is 35.5. The molecule has 262 valence electrons. The molecule has 0 saturated carbocycles. The van der Waals surface area contributed by atoms with Crippen LogP contribution in [-0.4, -0.2) is 58.4 Å². The fourth-order valence-electron chi connectivity index (χ4n) is 7.00. The Labute approximate surface area is 301 Å². The Hall–Kier alpha value is -5.10. The molecule has 2 amide bonds. The van der Waals surface area contributed by atoms with Crippen molar-refractivity contribution >= 4 is 34.9 Å². The zero-order chi connectivity index (χ0) is 35.5. The summed E-state index contributed by atoms with van der Waals surface area (Å²) in [5.41, 5.74) is 8.52. The molecule has 5 N–H and O–H groups in total. The highest BCUT2D eigenvalue weighted by molar-refractivity contribution is 6.36. The number of hydrogen-bond donors (Lipinski definition) is 5. The number of anilines is 1. The van der Waals surface area contributed by atoms with Gasteiger partial charge in [0.05, 0.1) is 10.7 Å². The molecule has 2 aliphatic heterocycles. The Morgan fingerprint density at radius 2 is 1.47 bits per heavy atom. The number of pyridine rings is 2. The molecule has 2 aromatic carbocycles. The first-order valence-electron chi connectivity index (χ1n) is 17.4. The molecule has 11 nitrogen and oxygen atoms in total. The Morgan fingerprint density at radius 3 is 2.14 bits per heavy atom. The summed E-state index contributed by atoms with van der Waals surface area (Å²) < 4.78 is 1.57. The van der Waals surface area contributed by atoms with E-state index in [0.717, 1.165) is 63.3 Å². The van der Waals surface area contributed by atoms with Crippen molar-refractivity contribution in [3.8, 4) is 33.5 Å². The second-order valence-electron chi connectivity index (χ2n) is 13.2. The maximum Gasteiger partial charge on any atom is 0.262 e. The van der Waals surface area contributed by atoms with Crippen LogP contribution in [0.25, 0.3) is 39.2 Å². The van der Waals surface area contributed by atoms with E-state index in [1.165, 1.54) is 0 Å². The van der Waals surface area contributed by atoms with E-state index in [9.17, 15) is 14.4 Å². The van der Waals surface area contributed by atoms with Crippen molar-refractivity contribution in [2.75, 3.05) is 25.5 Å². The summed E-state index contributed by atoms with van der Waals surface area (Å²) in [6, 6.07) is 20.3. The van der Waals surface area contributed by atoms with Crippen molar-refractivity contribution in [1.29, 1.82) is 0 Å². The van der Waals surface area contributed by atoms with E-state index in [4.69, 9.17) is 16.6 Å². The molecule has 12 heteroatoms. The van der Waals surface area contributed by atoms with Crippen LogP contribution in [0.1, 0.15) is 42.4 Å². The van der Waals surface area contributed by atoms with Crippen LogP contribution in [0, 0.1) is 6.92 Å². The standard InChI is InChI=1S/C39H41ClN8O3/c1-23-29(24-15-16-48-34(17-24)44-20-26(39(48)51)19-43-22-28-11-14-36(50)46-28)5-3-6-30(23)31-7-4-8-32(37(31)40)33-12-9-25(38(41-2)47-33)18-42-21-27-10-13-35(49)45-27/h3-9,12,15-17,20,27-28,42-43H,10-11,13-14,18-19,21-22H2,1-2H3,(H,41,47)(H,45,49)(H,46,50). The normalized spacial score (nSPS) is 17.2. The molecule has 5 heterocycles. The zero-order valence-corrected chi connectivity index (χ0v) is 29.4. The van der Waals surface area contributed by atoms with Gasteiger partial charge in [0.2, 0.25) is 11.8 Å². The van der Waals surface area contributed by atoms with Crippen molar-refractivity contribution in [3.05, 3.63) is 105 Å². The number of benzene rings is 2. The average molecular weight is 705 g/mol. The van der Waals surface area contributed by atoms with Crippen LogP contribution >= 0.6 is 11.6 Å². The first-order chi connectivity index (χ1) is 24.8. The third kappa shape index (κ3) is 7.37. The fourth-order valence-corrected chi connectivity index (χ4v) is 7.32. The van der Waals surface area contributed by atoms with E-state index in [-0.39, 0.29) is 29.5 Å². The molecule has 2 fully saturated rings. The number of fused-ring (bicyclic) bond motifs is 1. The summed E-state index contributed by atoms with van der Waals surface area (Å²) in [5.74, 6) is 0.950. The molecule has 2 saturated heterocycles. The summed E-state index contributed by atoms with van der Waals surface area (Å²) in [6.07, 6.45) is 6.19. The lowest BCUT2D eigenvalue weighted by Crippen LogP contribution is -2.36. The van der Waals surface area contributed by atoms with E-state index in [0.29, 0.717) is 55.3 Å². The third-order valence-corrected chi connectivity index (χ3v) is 10.2. The zero-order valence-electron chi connectivity index (χ0n) is 28.7. The molecule has 2 aliphatic rings. The Balaban J connectivity index is 1.10. The molecular formula is C39H41ClN8O3. The lowest BCUT2D eigenvalue weighted by Gasteiger charge is -2.17. The van der Waals surface area contributed by atoms with Gasteiger partial charge in [-0.05, 0) is 60.2 Å². The number of hydrogen-bond acceptors (Lipinski definition) is 8. The largest absolute Gasteiger partial charge is 0.373 e. The predicted molar refractivity (Wildman–Crippen MR) is 201 cm³/mol. The van der Waals surface area contributed by atoms with Crippen LogP contribution in [0.15, 0.2) is 77.9 Å². The number of halogens is 1. The van der Waals surface area contributed by atoms with Gasteiger partial charge in [-0.1, -0.05) is 54.1 Å². The number of aromatic nitrogens is 3. The van der Waals surface area contributed by atoms with Crippen LogP contribution in [-0.2, 0) is 22.7 Å². The number of nitrogens with zero attached hydrogens (tertiary/aromatic N) is 3. The Bertz CT molecular complexity index is 2180. The van der Waals surface area contributed by atoms with Crippen molar-refractivity contribution in [3.63, 3.8) is 0 Å². The molecule has 5 aromatic rings. The molecular weight excluding hydrogens is 664 g/mol. The van der Waals surface area contributed by atoms with Gasteiger partial charge in [-0.2, -0.15) is 0 Å². The van der Waals surface area contributed by atoms with E-state index in [2.05, 4.69) is 56.7 Å². The summed E-state index contributed by atoms with van der Waals surface area (Å²) in [6.45, 7) is 4.39. The van der Waals surface area contributed by atoms with E-state index in [1.807, 2.05) is 49.5 Å². The summed E-state index contributed by atoms with van der Waals surface area (Å²) in [5, 5.41) is 16.5. The van der Waals surface area contributed by atoms with Gasteiger partial charge in [0.15, 0.2) is 0 Å². The van der Waals surface area contributed by atoms with Gasteiger partial charge in [0.1, 0.15) is 11.5 Å². The lowest BCUT2D eigenvalue weighted by molar-refractivity contribution is -0.120. The van der Waals surface area contributed by atoms with Crippen molar-refractivity contribution in [2.24, 2.45) is 0 Å². The van der Waals surface area contributed by atoms with Crippen LogP contribution < -0.4 is 32.1 Å². The number of rotatable bonds is 12. The Kier molecular flexibility index (Phi) is 10.1. The SMILES string of the molecule is CNc1nc(-c2cccc(-c3cccc(-c4ccn5c(=O)c(CNCC6CCC(=O)N6)cnc5c4)c3C)c2Cl)ccc1CNCC1CCC(=O)N1. The second kappa shape index (κ2) is 15.0. The van der Waals surface area contributed by atoms with Gasteiger partial charge >= 0.3 is 0 Å². The monoisotopic (exact) mass is 704 g/mol. The predicted octanol–water partition coefficient (Wildman–Crippen LogP) is 4.83.